The number of hydrogen-bond donors (Lipinski definition) is 0. The van der Waals surface area contributed by atoms with Gasteiger partial charge in [0.15, 0.2) is 0 Å². The van der Waals surface area contributed by atoms with Crippen LogP contribution in [-0.2, 0) is 32.2 Å². The van der Waals surface area contributed by atoms with E-state index in [1.54, 1.807) is 4.90 Å². The predicted octanol–water partition coefficient (Wildman–Crippen LogP) is 3.57. The quantitative estimate of drug-likeness (QED) is 0.666. The summed E-state index contributed by atoms with van der Waals surface area (Å²) >= 11 is 0. The molecule has 0 saturated heterocycles. The lowest BCUT2D eigenvalue weighted by Crippen LogP contribution is -2.38. The molecule has 27 heavy (non-hydrogen) atoms. The summed E-state index contributed by atoms with van der Waals surface area (Å²) in [5.74, 6) is -0.743. The third-order valence-corrected chi connectivity index (χ3v) is 3.62. The number of ether oxygens (including phenoxy) is 2. The molecule has 0 aliphatic rings. The van der Waals surface area contributed by atoms with Crippen molar-refractivity contribution in [3.05, 3.63) is 71.8 Å². The minimum Gasteiger partial charge on any atom is -0.460 e. The largest absolute Gasteiger partial charge is 0.460 e. The van der Waals surface area contributed by atoms with Crippen LogP contribution in [0.25, 0.3) is 0 Å². The molecule has 0 atom stereocenters. The van der Waals surface area contributed by atoms with Crippen LogP contribution in [-0.4, -0.2) is 35.5 Å². The molecule has 0 fully saturated rings. The maximum Gasteiger partial charge on any atom is 0.320 e. The molecule has 2 aromatic rings. The summed E-state index contributed by atoms with van der Waals surface area (Å²) in [6.07, 6.45) is 0. The fraction of sp³-hybridized carbons (Fsp3) is 0.364. The molecular formula is C22H27NO4. The molecular weight excluding hydrogens is 342 g/mol. The Balaban J connectivity index is 1.95. The Morgan fingerprint density at radius 1 is 0.815 bits per heavy atom. The number of esters is 2. The highest BCUT2D eigenvalue weighted by atomic mass is 16.6. The second-order valence-corrected chi connectivity index (χ2v) is 7.36. The Labute approximate surface area is 160 Å². The van der Waals surface area contributed by atoms with Crippen LogP contribution in [0.2, 0.25) is 0 Å². The number of hydrogen-bond acceptors (Lipinski definition) is 5. The maximum atomic E-state index is 12.3. The van der Waals surface area contributed by atoms with Gasteiger partial charge in [-0.1, -0.05) is 60.7 Å². The van der Waals surface area contributed by atoms with Crippen LogP contribution in [0, 0.1) is 0 Å². The van der Waals surface area contributed by atoms with Crippen LogP contribution in [0.3, 0.4) is 0 Å². The van der Waals surface area contributed by atoms with Gasteiger partial charge in [0.1, 0.15) is 12.2 Å². The highest BCUT2D eigenvalue weighted by Gasteiger charge is 2.21. The Hall–Kier alpha value is -2.66. The smallest absolute Gasteiger partial charge is 0.320 e. The van der Waals surface area contributed by atoms with Gasteiger partial charge in [-0.2, -0.15) is 0 Å². The molecule has 5 heteroatoms. The van der Waals surface area contributed by atoms with E-state index < -0.39 is 5.60 Å². The van der Waals surface area contributed by atoms with Crippen molar-refractivity contribution in [2.24, 2.45) is 0 Å². The monoisotopic (exact) mass is 369 g/mol. The van der Waals surface area contributed by atoms with Crippen LogP contribution in [0.15, 0.2) is 60.7 Å². The summed E-state index contributed by atoms with van der Waals surface area (Å²) in [5, 5.41) is 0. The van der Waals surface area contributed by atoms with Crippen LogP contribution < -0.4 is 0 Å². The average Bonchev–Trinajstić information content (AvgIpc) is 2.60. The molecule has 2 aromatic carbocycles. The second-order valence-electron chi connectivity index (χ2n) is 7.36. The van der Waals surface area contributed by atoms with E-state index in [9.17, 15) is 9.59 Å². The van der Waals surface area contributed by atoms with Crippen LogP contribution in [0.4, 0.5) is 0 Å². The van der Waals surface area contributed by atoms with Crippen molar-refractivity contribution in [1.82, 2.24) is 4.90 Å². The standard InChI is InChI=1S/C22H27NO4/c1-22(2,3)27-21(25)16-23(14-18-10-6-4-7-11-18)15-20(24)26-17-19-12-8-5-9-13-19/h4-13H,14-17H2,1-3H3. The molecule has 144 valence electrons. The molecule has 0 heterocycles. The lowest BCUT2D eigenvalue weighted by Gasteiger charge is -2.24. The molecule has 0 radical (unpaired) electrons. The first kappa shape index (κ1) is 20.6. The van der Waals surface area contributed by atoms with Gasteiger partial charge in [-0.3, -0.25) is 14.5 Å². The van der Waals surface area contributed by atoms with Crippen molar-refractivity contribution >= 4 is 11.9 Å². The van der Waals surface area contributed by atoms with Gasteiger partial charge in [0.2, 0.25) is 0 Å². The topological polar surface area (TPSA) is 55.8 Å². The highest BCUT2D eigenvalue weighted by molar-refractivity contribution is 5.75. The Bertz CT molecular complexity index is 723. The van der Waals surface area contributed by atoms with Gasteiger partial charge in [0.05, 0.1) is 13.1 Å². The maximum absolute atomic E-state index is 12.3. The van der Waals surface area contributed by atoms with E-state index in [1.165, 1.54) is 0 Å². The first-order valence-electron chi connectivity index (χ1n) is 8.99. The lowest BCUT2D eigenvalue weighted by atomic mass is 10.2. The Morgan fingerprint density at radius 2 is 1.33 bits per heavy atom. The fourth-order valence-corrected chi connectivity index (χ4v) is 2.53. The number of benzene rings is 2. The van der Waals surface area contributed by atoms with Crippen LogP contribution in [0.5, 0.6) is 0 Å². The molecule has 0 amide bonds. The number of carbonyl (C=O) groups is 2. The van der Waals surface area contributed by atoms with Crippen molar-refractivity contribution in [3.63, 3.8) is 0 Å². The zero-order valence-electron chi connectivity index (χ0n) is 16.2. The molecule has 2 rings (SSSR count). The van der Waals surface area contributed by atoms with E-state index in [2.05, 4.69) is 0 Å². The zero-order valence-corrected chi connectivity index (χ0v) is 16.2. The first-order valence-corrected chi connectivity index (χ1v) is 8.99. The third-order valence-electron chi connectivity index (χ3n) is 3.62. The summed E-state index contributed by atoms with van der Waals surface area (Å²) in [6, 6.07) is 19.2. The molecule has 0 N–H and O–H groups in total. The Morgan fingerprint density at radius 3 is 1.89 bits per heavy atom. The third kappa shape index (κ3) is 8.51. The van der Waals surface area contributed by atoms with Gasteiger partial charge in [0.25, 0.3) is 0 Å². The number of nitrogens with zero attached hydrogens (tertiary/aromatic N) is 1. The molecule has 0 aromatic heterocycles. The van der Waals surface area contributed by atoms with E-state index >= 15 is 0 Å². The number of rotatable bonds is 8. The number of carbonyl (C=O) groups excluding carboxylic acids is 2. The van der Waals surface area contributed by atoms with Crippen molar-refractivity contribution in [1.29, 1.82) is 0 Å². The van der Waals surface area contributed by atoms with Crippen molar-refractivity contribution in [3.8, 4) is 0 Å². The average molecular weight is 369 g/mol. The molecule has 0 bridgehead atoms. The fourth-order valence-electron chi connectivity index (χ4n) is 2.53. The van der Waals surface area contributed by atoms with Crippen molar-refractivity contribution < 1.29 is 19.1 Å². The molecule has 0 spiro atoms. The first-order chi connectivity index (χ1) is 12.8. The lowest BCUT2D eigenvalue weighted by molar-refractivity contribution is -0.157. The molecule has 0 saturated carbocycles. The van der Waals surface area contributed by atoms with Gasteiger partial charge in [-0.05, 0) is 31.9 Å². The van der Waals surface area contributed by atoms with Crippen molar-refractivity contribution in [2.75, 3.05) is 13.1 Å². The van der Waals surface area contributed by atoms with E-state index in [0.29, 0.717) is 6.54 Å². The summed E-state index contributed by atoms with van der Waals surface area (Å²) in [4.78, 5) is 26.2. The SMILES string of the molecule is CC(C)(C)OC(=O)CN(CC(=O)OCc1ccccc1)Cc1ccccc1. The van der Waals surface area contributed by atoms with E-state index in [1.807, 2.05) is 81.4 Å². The van der Waals surface area contributed by atoms with Crippen molar-refractivity contribution in [2.45, 2.75) is 39.5 Å². The van der Waals surface area contributed by atoms with Crippen LogP contribution in [0.1, 0.15) is 31.9 Å². The molecule has 5 nitrogen and oxygen atoms in total. The molecule has 0 aliphatic carbocycles. The van der Waals surface area contributed by atoms with Gasteiger partial charge in [0, 0.05) is 6.54 Å². The predicted molar refractivity (Wildman–Crippen MR) is 104 cm³/mol. The van der Waals surface area contributed by atoms with Gasteiger partial charge in [-0.25, -0.2) is 0 Å². The van der Waals surface area contributed by atoms with Gasteiger partial charge < -0.3 is 9.47 Å². The minimum atomic E-state index is -0.566. The van der Waals surface area contributed by atoms with E-state index in [4.69, 9.17) is 9.47 Å². The van der Waals surface area contributed by atoms with E-state index in [0.717, 1.165) is 11.1 Å². The van der Waals surface area contributed by atoms with Gasteiger partial charge in [-0.15, -0.1) is 0 Å². The second kappa shape index (κ2) is 9.88. The van der Waals surface area contributed by atoms with Gasteiger partial charge >= 0.3 is 11.9 Å². The summed E-state index contributed by atoms with van der Waals surface area (Å²) in [7, 11) is 0. The Kier molecular flexibility index (Phi) is 7.55. The highest BCUT2D eigenvalue weighted by Crippen LogP contribution is 2.10. The minimum absolute atomic E-state index is 0.0149. The molecule has 0 unspecified atom stereocenters. The van der Waals surface area contributed by atoms with E-state index in [-0.39, 0.29) is 31.6 Å². The normalized spacial score (nSPS) is 11.3. The summed E-state index contributed by atoms with van der Waals surface area (Å²) in [6.45, 7) is 6.17. The summed E-state index contributed by atoms with van der Waals surface area (Å²) < 4.78 is 10.7. The molecule has 0 aliphatic heterocycles. The summed E-state index contributed by atoms with van der Waals surface area (Å²) in [5.41, 5.74) is 1.37. The zero-order chi connectivity index (χ0) is 19.7. The van der Waals surface area contributed by atoms with Crippen LogP contribution >= 0.6 is 0 Å².